The monoisotopic (exact) mass is 355 g/mol. The fourth-order valence-corrected chi connectivity index (χ4v) is 2.87. The molecule has 0 bridgehead atoms. The Bertz CT molecular complexity index is 859. The number of rotatable bonds is 4. The Balaban J connectivity index is 1.90. The maximum atomic E-state index is 10.9. The van der Waals surface area contributed by atoms with Gasteiger partial charge in [0.1, 0.15) is 19.0 Å². The summed E-state index contributed by atoms with van der Waals surface area (Å²) in [4.78, 5) is 25.6. The van der Waals surface area contributed by atoms with Gasteiger partial charge >= 0.3 is 7.82 Å². The van der Waals surface area contributed by atoms with E-state index in [1.54, 1.807) is 0 Å². The third-order valence-corrected chi connectivity index (χ3v) is 4.17. The maximum Gasteiger partial charge on any atom is 0.469 e. The van der Waals surface area contributed by atoms with Crippen molar-refractivity contribution in [3.05, 3.63) is 18.2 Å². The molecule has 1 saturated heterocycles. The van der Waals surface area contributed by atoms with E-state index in [1.807, 2.05) is 0 Å². The quantitative estimate of drug-likeness (QED) is 0.395. The van der Waals surface area contributed by atoms with Crippen LogP contribution < -0.4 is 5.73 Å². The largest absolute Gasteiger partial charge is 0.469 e. The average molecular weight is 355 g/mol. The van der Waals surface area contributed by atoms with Gasteiger partial charge in [-0.25, -0.2) is 19.0 Å². The second kappa shape index (κ2) is 5.78. The molecule has 2 aromatic rings. The lowest BCUT2D eigenvalue weighted by molar-refractivity contribution is -0.0717. The van der Waals surface area contributed by atoms with Crippen LogP contribution in [0.4, 0.5) is 5.82 Å². The molecular weight excluding hydrogens is 341 g/mol. The Labute approximate surface area is 135 Å². The molecule has 24 heavy (non-hydrogen) atoms. The van der Waals surface area contributed by atoms with Gasteiger partial charge in [-0.1, -0.05) is 5.92 Å². The number of imidazole rings is 1. The fourth-order valence-electron chi connectivity index (χ4n) is 2.51. The standard InChI is InChI=1S/C12H14N5O6P/c1-2-12(5-22-24(19,20)21)9(18)3-8(23-12)7-4-14-11-10(13)15-6-16-17(7)11/h1,4,6,8-9,18H,3,5H2,(H2,13,15,16)(H2,19,20,21)/t8-,9+,12-/m1/s1. The van der Waals surface area contributed by atoms with Gasteiger partial charge in [-0.2, -0.15) is 5.10 Å². The summed E-state index contributed by atoms with van der Waals surface area (Å²) >= 11 is 0. The van der Waals surface area contributed by atoms with Crippen molar-refractivity contribution in [1.82, 2.24) is 19.6 Å². The zero-order valence-corrected chi connectivity index (χ0v) is 13.1. The van der Waals surface area contributed by atoms with Crippen LogP contribution in [0, 0.1) is 12.3 Å². The van der Waals surface area contributed by atoms with Gasteiger partial charge in [-0.05, 0) is 0 Å². The van der Waals surface area contributed by atoms with Crippen LogP contribution in [0.3, 0.4) is 0 Å². The van der Waals surface area contributed by atoms with Crippen LogP contribution in [0.1, 0.15) is 18.2 Å². The fraction of sp³-hybridized carbons (Fsp3) is 0.417. The van der Waals surface area contributed by atoms with E-state index < -0.39 is 32.2 Å². The molecule has 0 radical (unpaired) electrons. The van der Waals surface area contributed by atoms with Crippen LogP contribution in [0.15, 0.2) is 12.5 Å². The summed E-state index contributed by atoms with van der Waals surface area (Å²) in [6.45, 7) is -0.667. The number of aliphatic hydroxyl groups is 1. The number of hydrogen-bond acceptors (Lipinski definition) is 8. The van der Waals surface area contributed by atoms with Crippen molar-refractivity contribution in [1.29, 1.82) is 0 Å². The predicted molar refractivity (Wildman–Crippen MR) is 79.2 cm³/mol. The van der Waals surface area contributed by atoms with E-state index in [0.717, 1.165) is 0 Å². The molecule has 0 amide bonds. The molecule has 11 nitrogen and oxygen atoms in total. The zero-order chi connectivity index (χ0) is 17.5. The highest BCUT2D eigenvalue weighted by Gasteiger charge is 2.49. The van der Waals surface area contributed by atoms with Crippen LogP contribution in [0.2, 0.25) is 0 Å². The molecule has 3 heterocycles. The molecular formula is C12H14N5O6P. The molecule has 3 atom stereocenters. The van der Waals surface area contributed by atoms with E-state index in [0.29, 0.717) is 11.3 Å². The number of nitrogens with two attached hydrogens (primary N) is 1. The highest BCUT2D eigenvalue weighted by Crippen LogP contribution is 2.43. The number of nitrogens with zero attached hydrogens (tertiary/aromatic N) is 4. The first-order chi connectivity index (χ1) is 11.3. The zero-order valence-electron chi connectivity index (χ0n) is 12.2. The van der Waals surface area contributed by atoms with Crippen LogP contribution >= 0.6 is 7.82 Å². The normalized spacial score (nSPS) is 27.4. The number of terminal acetylenes is 1. The second-order valence-corrected chi connectivity index (χ2v) is 6.46. The molecule has 0 unspecified atom stereocenters. The number of nitrogen functional groups attached to an aromatic ring is 1. The highest BCUT2D eigenvalue weighted by atomic mass is 31.2. The Morgan fingerprint density at radius 3 is 3.00 bits per heavy atom. The van der Waals surface area contributed by atoms with Crippen LogP contribution in [0.25, 0.3) is 5.65 Å². The number of aliphatic hydroxyl groups excluding tert-OH is 1. The van der Waals surface area contributed by atoms with Crippen molar-refractivity contribution in [3.8, 4) is 12.3 Å². The van der Waals surface area contributed by atoms with Gasteiger partial charge in [0.25, 0.3) is 0 Å². The van der Waals surface area contributed by atoms with Gasteiger partial charge < -0.3 is 25.4 Å². The van der Waals surface area contributed by atoms with Gasteiger partial charge in [-0.3, -0.25) is 4.52 Å². The van der Waals surface area contributed by atoms with Crippen molar-refractivity contribution in [2.75, 3.05) is 12.3 Å². The Hall–Kier alpha value is -2.06. The molecule has 1 fully saturated rings. The van der Waals surface area contributed by atoms with Crippen molar-refractivity contribution in [3.63, 3.8) is 0 Å². The summed E-state index contributed by atoms with van der Waals surface area (Å²) in [5.74, 6) is 2.39. The summed E-state index contributed by atoms with van der Waals surface area (Å²) in [5, 5.41) is 14.3. The van der Waals surface area contributed by atoms with Crippen molar-refractivity contribution < 1.29 is 28.7 Å². The van der Waals surface area contributed by atoms with Gasteiger partial charge in [0.2, 0.25) is 0 Å². The number of fused-ring (bicyclic) bond motifs is 1. The molecule has 3 rings (SSSR count). The van der Waals surface area contributed by atoms with E-state index in [2.05, 4.69) is 25.5 Å². The van der Waals surface area contributed by atoms with E-state index in [9.17, 15) is 9.67 Å². The minimum absolute atomic E-state index is 0.0619. The summed E-state index contributed by atoms with van der Waals surface area (Å²) < 4.78 is 22.4. The topological polar surface area (TPSA) is 165 Å². The molecule has 0 aromatic carbocycles. The van der Waals surface area contributed by atoms with Crippen molar-refractivity contribution >= 4 is 19.3 Å². The minimum Gasteiger partial charge on any atom is -0.389 e. The molecule has 5 N–H and O–H groups in total. The third-order valence-electron chi connectivity index (χ3n) is 3.71. The number of ether oxygens (including phenoxy) is 1. The number of anilines is 1. The second-order valence-electron chi connectivity index (χ2n) is 5.22. The Morgan fingerprint density at radius 1 is 1.58 bits per heavy atom. The highest BCUT2D eigenvalue weighted by molar-refractivity contribution is 7.46. The Morgan fingerprint density at radius 2 is 2.33 bits per heavy atom. The summed E-state index contributed by atoms with van der Waals surface area (Å²) in [5.41, 5.74) is 4.79. The van der Waals surface area contributed by atoms with E-state index >= 15 is 0 Å². The lowest BCUT2D eigenvalue weighted by atomic mass is 9.98. The molecule has 0 aliphatic carbocycles. The maximum absolute atomic E-state index is 10.9. The van der Waals surface area contributed by atoms with Gasteiger partial charge in [-0.15, -0.1) is 6.42 Å². The third kappa shape index (κ3) is 2.87. The molecule has 1 aliphatic heterocycles. The minimum atomic E-state index is -4.77. The first-order valence-corrected chi connectivity index (χ1v) is 8.26. The van der Waals surface area contributed by atoms with Crippen LogP contribution in [-0.2, 0) is 13.8 Å². The molecule has 0 spiro atoms. The van der Waals surface area contributed by atoms with Gasteiger partial charge in [0, 0.05) is 6.42 Å². The Kier molecular flexibility index (Phi) is 4.05. The van der Waals surface area contributed by atoms with E-state index in [1.165, 1.54) is 17.0 Å². The SMILES string of the molecule is C#C[C@]1(COP(=O)(O)O)O[C@@H](c2cnc3c(N)ncnn23)C[C@@H]1O. The van der Waals surface area contributed by atoms with Crippen molar-refractivity contribution in [2.45, 2.75) is 24.2 Å². The summed E-state index contributed by atoms with van der Waals surface area (Å²) in [6, 6.07) is 0. The molecule has 128 valence electrons. The van der Waals surface area contributed by atoms with E-state index in [4.69, 9.17) is 26.7 Å². The van der Waals surface area contributed by atoms with E-state index in [-0.39, 0.29) is 12.2 Å². The number of hydrogen-bond donors (Lipinski definition) is 4. The number of phosphoric ester groups is 1. The predicted octanol–water partition coefficient (Wildman–Crippen LogP) is -0.990. The molecule has 12 heteroatoms. The first kappa shape index (κ1) is 16.8. The lowest BCUT2D eigenvalue weighted by Crippen LogP contribution is -2.42. The smallest absolute Gasteiger partial charge is 0.389 e. The number of aromatic nitrogens is 4. The van der Waals surface area contributed by atoms with Gasteiger partial charge in [0.05, 0.1) is 18.0 Å². The molecule has 2 aromatic heterocycles. The van der Waals surface area contributed by atoms with Gasteiger partial charge in [0.15, 0.2) is 17.1 Å². The molecule has 0 saturated carbocycles. The number of phosphoric acid groups is 1. The lowest BCUT2D eigenvalue weighted by Gasteiger charge is -2.26. The summed E-state index contributed by atoms with van der Waals surface area (Å²) in [6.07, 6.45) is 6.23. The van der Waals surface area contributed by atoms with Crippen molar-refractivity contribution in [2.24, 2.45) is 0 Å². The van der Waals surface area contributed by atoms with Crippen LogP contribution in [0.5, 0.6) is 0 Å². The molecule has 1 aliphatic rings. The summed E-state index contributed by atoms with van der Waals surface area (Å²) in [7, 11) is -4.77. The van der Waals surface area contributed by atoms with Crippen LogP contribution in [-0.4, -0.2) is 52.8 Å². The first-order valence-electron chi connectivity index (χ1n) is 6.73. The average Bonchev–Trinajstić information content (AvgIpc) is 3.07.